The van der Waals surface area contributed by atoms with E-state index >= 15 is 0 Å². The molecule has 0 unspecified atom stereocenters. The molecule has 0 nitrogen and oxygen atoms in total. The van der Waals surface area contributed by atoms with E-state index in [0.29, 0.717) is 6.08 Å². The van der Waals surface area contributed by atoms with Crippen molar-refractivity contribution in [3.05, 3.63) is 77.7 Å². The van der Waals surface area contributed by atoms with Gasteiger partial charge in [-0.1, -0.05) is 36.9 Å². The molecule has 1 aromatic rings. The summed E-state index contributed by atoms with van der Waals surface area (Å²) in [5.41, 5.74) is 3.36. The summed E-state index contributed by atoms with van der Waals surface area (Å²) in [5.74, 6) is -3.99. The van der Waals surface area contributed by atoms with Crippen LogP contribution in [0.5, 0.6) is 0 Å². The van der Waals surface area contributed by atoms with E-state index in [1.54, 1.807) is 0 Å². The van der Waals surface area contributed by atoms with Gasteiger partial charge in [0.05, 0.1) is 0 Å². The predicted octanol–water partition coefficient (Wildman–Crippen LogP) is 5.99. The molecule has 1 aliphatic carbocycles. The maximum Gasteiger partial charge on any atom is 0.194 e. The maximum absolute atomic E-state index is 13.4. The molecule has 0 N–H and O–H groups in total. The van der Waals surface area contributed by atoms with Crippen molar-refractivity contribution in [3.8, 4) is 0 Å². The van der Waals surface area contributed by atoms with Gasteiger partial charge in [0.2, 0.25) is 0 Å². The van der Waals surface area contributed by atoms with E-state index in [9.17, 15) is 13.2 Å². The Kier molecular flexibility index (Phi) is 5.20. The first kappa shape index (κ1) is 15.4. The molecule has 0 spiro atoms. The molecule has 0 fully saturated rings. The second-order valence-electron chi connectivity index (χ2n) is 4.94. The van der Waals surface area contributed by atoms with Crippen molar-refractivity contribution in [2.45, 2.75) is 25.7 Å². The van der Waals surface area contributed by atoms with E-state index < -0.39 is 17.5 Å². The summed E-state index contributed by atoms with van der Waals surface area (Å²) in [4.78, 5) is 0. The lowest BCUT2D eigenvalue weighted by molar-refractivity contribution is 0.502. The third-order valence-electron chi connectivity index (χ3n) is 3.48. The lowest BCUT2D eigenvalue weighted by Gasteiger charge is -2.03. The van der Waals surface area contributed by atoms with Gasteiger partial charge in [0.15, 0.2) is 17.5 Å². The molecule has 0 saturated carbocycles. The minimum atomic E-state index is -1.50. The van der Waals surface area contributed by atoms with Crippen LogP contribution in [0, 0.1) is 0 Å². The van der Waals surface area contributed by atoms with Gasteiger partial charge in [-0.15, -0.1) is 0 Å². The fourth-order valence-electron chi connectivity index (χ4n) is 2.29. The highest BCUT2D eigenvalue weighted by Crippen LogP contribution is 2.27. The Hall–Kier alpha value is -2.03. The summed E-state index contributed by atoms with van der Waals surface area (Å²) < 4.78 is 39.3. The number of hydrogen-bond donors (Lipinski definition) is 0. The van der Waals surface area contributed by atoms with Gasteiger partial charge >= 0.3 is 0 Å². The van der Waals surface area contributed by atoms with Crippen molar-refractivity contribution >= 4 is 5.57 Å². The first-order chi connectivity index (χ1) is 10.1. The van der Waals surface area contributed by atoms with Crippen LogP contribution in [0.25, 0.3) is 5.57 Å². The number of benzene rings is 1. The van der Waals surface area contributed by atoms with Gasteiger partial charge in [-0.25, -0.2) is 13.2 Å². The maximum atomic E-state index is 13.4. The molecule has 0 bridgehead atoms. The highest BCUT2D eigenvalue weighted by Gasteiger charge is 2.09. The Morgan fingerprint density at radius 3 is 2.43 bits per heavy atom. The number of hydrogen-bond acceptors (Lipinski definition) is 0. The smallest absolute Gasteiger partial charge is 0.194 e. The van der Waals surface area contributed by atoms with Crippen LogP contribution >= 0.6 is 0 Å². The summed E-state index contributed by atoms with van der Waals surface area (Å²) in [5, 5.41) is 0. The molecule has 110 valence electrons. The zero-order chi connectivity index (χ0) is 15.2. The number of rotatable bonds is 5. The van der Waals surface area contributed by atoms with E-state index in [4.69, 9.17) is 0 Å². The summed E-state index contributed by atoms with van der Waals surface area (Å²) >= 11 is 0. The fraction of sp³-hybridized carbons (Fsp3) is 0.222. The Morgan fingerprint density at radius 2 is 1.86 bits per heavy atom. The quantitative estimate of drug-likeness (QED) is 0.584. The van der Waals surface area contributed by atoms with Gasteiger partial charge in [-0.2, -0.15) is 0 Å². The molecule has 0 aromatic heterocycles. The lowest BCUT2D eigenvalue weighted by atomic mass is 10.0. The predicted molar refractivity (Wildman–Crippen MR) is 80.6 cm³/mol. The molecular weight excluding hydrogens is 273 g/mol. The van der Waals surface area contributed by atoms with Crippen LogP contribution in [0.1, 0.15) is 30.4 Å². The Bertz CT molecular complexity index is 604. The number of allylic oxidation sites excluding steroid dienone is 7. The first-order valence-electron chi connectivity index (χ1n) is 6.94. The largest absolute Gasteiger partial charge is 0.204 e. The van der Waals surface area contributed by atoms with Crippen molar-refractivity contribution in [3.63, 3.8) is 0 Å². The third kappa shape index (κ3) is 3.97. The van der Waals surface area contributed by atoms with E-state index in [1.807, 2.05) is 24.3 Å². The van der Waals surface area contributed by atoms with Gasteiger partial charge in [-0.05, 0) is 54.5 Å². The van der Waals surface area contributed by atoms with Crippen molar-refractivity contribution in [1.29, 1.82) is 0 Å². The minimum Gasteiger partial charge on any atom is -0.204 e. The molecule has 0 heterocycles. The van der Waals surface area contributed by atoms with Crippen molar-refractivity contribution in [2.75, 3.05) is 0 Å². The highest BCUT2D eigenvalue weighted by atomic mass is 19.2. The minimum absolute atomic E-state index is 0.211. The zero-order valence-corrected chi connectivity index (χ0v) is 11.7. The molecule has 2 rings (SSSR count). The van der Waals surface area contributed by atoms with Crippen molar-refractivity contribution in [1.82, 2.24) is 0 Å². The van der Waals surface area contributed by atoms with Crippen LogP contribution in [0.4, 0.5) is 13.2 Å². The normalized spacial score (nSPS) is 16.5. The van der Waals surface area contributed by atoms with Crippen molar-refractivity contribution < 1.29 is 13.2 Å². The first-order valence-corrected chi connectivity index (χ1v) is 6.94. The Morgan fingerprint density at radius 1 is 1.14 bits per heavy atom. The average Bonchev–Trinajstić information content (AvgIpc) is 3.06. The third-order valence-corrected chi connectivity index (χ3v) is 3.48. The van der Waals surface area contributed by atoms with E-state index in [2.05, 4.69) is 12.7 Å². The summed E-state index contributed by atoms with van der Waals surface area (Å²) in [7, 11) is 0. The van der Waals surface area contributed by atoms with Crippen LogP contribution in [-0.2, 0) is 6.42 Å². The Balaban J connectivity index is 2.05. The molecule has 0 amide bonds. The summed E-state index contributed by atoms with van der Waals surface area (Å²) in [6, 6.07) is 7.72. The number of halogens is 3. The van der Waals surface area contributed by atoms with Crippen LogP contribution in [-0.4, -0.2) is 0 Å². The molecule has 0 radical (unpaired) electrons. The van der Waals surface area contributed by atoms with Gasteiger partial charge in [0.1, 0.15) is 0 Å². The van der Waals surface area contributed by atoms with E-state index in [0.717, 1.165) is 24.5 Å². The zero-order valence-electron chi connectivity index (χ0n) is 11.7. The topological polar surface area (TPSA) is 0 Å². The second-order valence-corrected chi connectivity index (χ2v) is 4.94. The van der Waals surface area contributed by atoms with Crippen LogP contribution in [0.15, 0.2) is 66.6 Å². The van der Waals surface area contributed by atoms with Gasteiger partial charge in [0, 0.05) is 0 Å². The summed E-state index contributed by atoms with van der Waals surface area (Å²) in [6.45, 7) is 3.06. The molecule has 0 aliphatic heterocycles. The molecule has 1 aliphatic rings. The van der Waals surface area contributed by atoms with Crippen LogP contribution in [0.3, 0.4) is 0 Å². The van der Waals surface area contributed by atoms with Crippen molar-refractivity contribution in [2.24, 2.45) is 0 Å². The standard InChI is InChI=1S/C18H17F3/c1-2-16(19)18(21)17(20)12-9-13-7-10-15(11-8-13)14-5-3-4-6-14/h2,5,7-8,10-12H,1,3-4,6,9H2/b17-12+,18-16-. The summed E-state index contributed by atoms with van der Waals surface area (Å²) in [6.07, 6.45) is 7.51. The fourth-order valence-corrected chi connectivity index (χ4v) is 2.29. The van der Waals surface area contributed by atoms with Crippen LogP contribution in [0.2, 0.25) is 0 Å². The SMILES string of the molecule is C=C/C(F)=C(F)\C(F)=C/Cc1ccc(C2=CCCC2)cc1. The lowest BCUT2D eigenvalue weighted by Crippen LogP contribution is -1.87. The van der Waals surface area contributed by atoms with Gasteiger partial charge < -0.3 is 0 Å². The highest BCUT2D eigenvalue weighted by molar-refractivity contribution is 5.67. The van der Waals surface area contributed by atoms with E-state index in [1.165, 1.54) is 17.6 Å². The molecule has 0 atom stereocenters. The molecule has 0 saturated heterocycles. The molecule has 1 aromatic carbocycles. The van der Waals surface area contributed by atoms with Crippen LogP contribution < -0.4 is 0 Å². The average molecular weight is 290 g/mol. The Labute approximate surface area is 123 Å². The molecule has 21 heavy (non-hydrogen) atoms. The van der Waals surface area contributed by atoms with Gasteiger partial charge in [0.25, 0.3) is 0 Å². The second kappa shape index (κ2) is 7.11. The van der Waals surface area contributed by atoms with Gasteiger partial charge in [-0.3, -0.25) is 0 Å². The van der Waals surface area contributed by atoms with E-state index in [-0.39, 0.29) is 6.42 Å². The molecular formula is C18H17F3. The monoisotopic (exact) mass is 290 g/mol. The molecule has 3 heteroatoms.